The second kappa shape index (κ2) is 6.02. The molecule has 0 fully saturated rings. The summed E-state index contributed by atoms with van der Waals surface area (Å²) in [6.07, 6.45) is 3.01. The number of halogens is 3. The minimum absolute atomic E-state index is 0.0180. The van der Waals surface area contributed by atoms with Crippen molar-refractivity contribution in [2.45, 2.75) is 6.54 Å². The maximum absolute atomic E-state index is 13.1. The van der Waals surface area contributed by atoms with Gasteiger partial charge in [-0.25, -0.2) is 14.4 Å². The summed E-state index contributed by atoms with van der Waals surface area (Å²) < 4.78 is 13.8. The van der Waals surface area contributed by atoms with E-state index in [9.17, 15) is 9.18 Å². The summed E-state index contributed by atoms with van der Waals surface area (Å²) in [5.41, 5.74) is 2.11. The van der Waals surface area contributed by atoms with Gasteiger partial charge in [-0.1, -0.05) is 17.7 Å². The third kappa shape index (κ3) is 2.82. The lowest BCUT2D eigenvalue weighted by Gasteiger charge is -2.06. The number of rotatable bonds is 3. The molecule has 2 N–H and O–H groups in total. The molecular weight excluding hydrogens is 375 g/mol. The van der Waals surface area contributed by atoms with Gasteiger partial charge in [0.25, 0.3) is 5.91 Å². The molecule has 1 amide bonds. The van der Waals surface area contributed by atoms with Crippen molar-refractivity contribution >= 4 is 44.5 Å². The van der Waals surface area contributed by atoms with Crippen molar-refractivity contribution in [1.82, 2.24) is 20.3 Å². The molecule has 0 aliphatic carbocycles. The fourth-order valence-corrected chi connectivity index (χ4v) is 2.61. The van der Waals surface area contributed by atoms with Crippen molar-refractivity contribution in [2.75, 3.05) is 0 Å². The summed E-state index contributed by atoms with van der Waals surface area (Å²) in [7, 11) is 0. The Bertz CT molecular complexity index is 867. The Morgan fingerprint density at radius 2 is 2.23 bits per heavy atom. The van der Waals surface area contributed by atoms with E-state index < -0.39 is 5.82 Å². The fourth-order valence-electron chi connectivity index (χ4n) is 2.00. The lowest BCUT2D eigenvalue weighted by atomic mass is 10.2. The number of H-pyrrole nitrogens is 1. The first-order valence-corrected chi connectivity index (χ1v) is 7.43. The predicted octanol–water partition coefficient (Wildman–Crippen LogP) is 3.44. The van der Waals surface area contributed by atoms with Gasteiger partial charge in [0.1, 0.15) is 17.7 Å². The van der Waals surface area contributed by atoms with Gasteiger partial charge < -0.3 is 10.3 Å². The molecule has 0 aliphatic heterocycles. The standard InChI is InChI=1S/C14H9BrClFN4O/c15-8-5-18-12-11(8)20-6-21-13(12)14(22)19-4-7-1-2-10(17)9(16)3-7/h1-3,5-6,18H,4H2,(H,19,22). The van der Waals surface area contributed by atoms with E-state index in [1.54, 1.807) is 12.3 Å². The van der Waals surface area contributed by atoms with Gasteiger partial charge in [0, 0.05) is 12.7 Å². The summed E-state index contributed by atoms with van der Waals surface area (Å²) >= 11 is 9.05. The summed E-state index contributed by atoms with van der Waals surface area (Å²) in [5.74, 6) is -0.854. The van der Waals surface area contributed by atoms with Gasteiger partial charge in [0.2, 0.25) is 0 Å². The highest BCUT2D eigenvalue weighted by Gasteiger charge is 2.15. The molecule has 2 heterocycles. The molecule has 0 aliphatic rings. The Morgan fingerprint density at radius 1 is 1.41 bits per heavy atom. The number of aromatic nitrogens is 3. The fraction of sp³-hybridized carbons (Fsp3) is 0.0714. The zero-order chi connectivity index (χ0) is 15.7. The van der Waals surface area contributed by atoms with Crippen LogP contribution in [0, 0.1) is 5.82 Å². The minimum Gasteiger partial charge on any atom is -0.357 e. The van der Waals surface area contributed by atoms with Crippen molar-refractivity contribution in [3.05, 3.63) is 57.3 Å². The first-order chi connectivity index (χ1) is 10.6. The van der Waals surface area contributed by atoms with Crippen LogP contribution in [0.2, 0.25) is 5.02 Å². The van der Waals surface area contributed by atoms with Crippen LogP contribution in [0.3, 0.4) is 0 Å². The van der Waals surface area contributed by atoms with E-state index in [-0.39, 0.29) is 23.2 Å². The van der Waals surface area contributed by atoms with Crippen LogP contribution >= 0.6 is 27.5 Å². The first-order valence-electron chi connectivity index (χ1n) is 6.26. The van der Waals surface area contributed by atoms with E-state index in [1.165, 1.54) is 18.5 Å². The Labute approximate surface area is 138 Å². The minimum atomic E-state index is -0.495. The Hall–Kier alpha value is -1.99. The number of nitrogens with zero attached hydrogens (tertiary/aromatic N) is 2. The molecule has 0 saturated carbocycles. The second-order valence-corrected chi connectivity index (χ2v) is 5.78. The number of nitrogens with one attached hydrogen (secondary N) is 2. The van der Waals surface area contributed by atoms with Crippen LogP contribution in [0.25, 0.3) is 11.0 Å². The first kappa shape index (κ1) is 14.9. The number of aromatic amines is 1. The molecule has 3 rings (SSSR count). The largest absolute Gasteiger partial charge is 0.357 e. The molecule has 0 saturated heterocycles. The lowest BCUT2D eigenvalue weighted by molar-refractivity contribution is 0.0947. The summed E-state index contributed by atoms with van der Waals surface area (Å²) in [6, 6.07) is 4.29. The van der Waals surface area contributed by atoms with E-state index >= 15 is 0 Å². The number of benzene rings is 1. The Morgan fingerprint density at radius 3 is 3.00 bits per heavy atom. The highest BCUT2D eigenvalue weighted by Crippen LogP contribution is 2.22. The maximum atomic E-state index is 13.1. The van der Waals surface area contributed by atoms with Gasteiger partial charge >= 0.3 is 0 Å². The number of hydrogen-bond acceptors (Lipinski definition) is 3. The van der Waals surface area contributed by atoms with Crippen molar-refractivity contribution < 1.29 is 9.18 Å². The van der Waals surface area contributed by atoms with Crippen molar-refractivity contribution in [3.63, 3.8) is 0 Å². The molecule has 3 aromatic rings. The van der Waals surface area contributed by atoms with Crippen molar-refractivity contribution in [2.24, 2.45) is 0 Å². The van der Waals surface area contributed by atoms with Crippen LogP contribution in [0.15, 0.2) is 35.2 Å². The predicted molar refractivity (Wildman–Crippen MR) is 84.2 cm³/mol. The van der Waals surface area contributed by atoms with E-state index in [0.29, 0.717) is 16.6 Å². The second-order valence-electron chi connectivity index (χ2n) is 4.51. The molecular formula is C14H9BrClFN4O. The molecule has 0 radical (unpaired) electrons. The molecule has 0 atom stereocenters. The molecule has 0 bridgehead atoms. The lowest BCUT2D eigenvalue weighted by Crippen LogP contribution is -2.24. The molecule has 22 heavy (non-hydrogen) atoms. The Kier molecular flexibility index (Phi) is 4.08. The third-order valence-corrected chi connectivity index (χ3v) is 3.96. The Balaban J connectivity index is 1.80. The van der Waals surface area contributed by atoms with Crippen LogP contribution in [0.5, 0.6) is 0 Å². The quantitative estimate of drug-likeness (QED) is 0.728. The topological polar surface area (TPSA) is 70.7 Å². The van der Waals surface area contributed by atoms with E-state index in [0.717, 1.165) is 4.47 Å². The van der Waals surface area contributed by atoms with Gasteiger partial charge in [-0.3, -0.25) is 4.79 Å². The van der Waals surface area contributed by atoms with E-state index in [4.69, 9.17) is 11.6 Å². The molecule has 1 aromatic carbocycles. The summed E-state index contributed by atoms with van der Waals surface area (Å²) in [6.45, 7) is 0.214. The van der Waals surface area contributed by atoms with E-state index in [1.807, 2.05) is 0 Å². The van der Waals surface area contributed by atoms with Gasteiger partial charge in [0.15, 0.2) is 5.69 Å². The van der Waals surface area contributed by atoms with Crippen LogP contribution < -0.4 is 5.32 Å². The SMILES string of the molecule is O=C(NCc1ccc(F)c(Cl)c1)c1ncnc2c(Br)c[nH]c12. The van der Waals surface area contributed by atoms with Gasteiger partial charge in [-0.2, -0.15) is 0 Å². The molecule has 0 spiro atoms. The number of carbonyl (C=O) groups excluding carboxylic acids is 1. The highest BCUT2D eigenvalue weighted by atomic mass is 79.9. The van der Waals surface area contributed by atoms with Gasteiger partial charge in [-0.05, 0) is 33.6 Å². The van der Waals surface area contributed by atoms with Crippen molar-refractivity contribution in [3.8, 4) is 0 Å². The maximum Gasteiger partial charge on any atom is 0.272 e. The summed E-state index contributed by atoms with van der Waals surface area (Å²) in [4.78, 5) is 23.3. The van der Waals surface area contributed by atoms with Gasteiger partial charge in [0.05, 0.1) is 15.0 Å². The monoisotopic (exact) mass is 382 g/mol. The zero-order valence-electron chi connectivity index (χ0n) is 11.0. The smallest absolute Gasteiger partial charge is 0.272 e. The van der Waals surface area contributed by atoms with Crippen molar-refractivity contribution in [1.29, 1.82) is 0 Å². The molecule has 5 nitrogen and oxygen atoms in total. The van der Waals surface area contributed by atoms with Crippen LogP contribution in [-0.4, -0.2) is 20.9 Å². The van der Waals surface area contributed by atoms with E-state index in [2.05, 4.69) is 36.2 Å². The molecule has 0 unspecified atom stereocenters. The average molecular weight is 384 g/mol. The number of carbonyl (C=O) groups is 1. The highest BCUT2D eigenvalue weighted by molar-refractivity contribution is 9.10. The molecule has 2 aromatic heterocycles. The number of amides is 1. The number of hydrogen-bond donors (Lipinski definition) is 2. The molecule has 8 heteroatoms. The average Bonchev–Trinajstić information content (AvgIpc) is 2.90. The molecule has 112 valence electrons. The van der Waals surface area contributed by atoms with Crippen LogP contribution in [0.1, 0.15) is 16.1 Å². The number of fused-ring (bicyclic) bond motifs is 1. The zero-order valence-corrected chi connectivity index (χ0v) is 13.4. The summed E-state index contributed by atoms with van der Waals surface area (Å²) in [5, 5.41) is 2.74. The van der Waals surface area contributed by atoms with Gasteiger partial charge in [-0.15, -0.1) is 0 Å². The normalized spacial score (nSPS) is 10.9. The van der Waals surface area contributed by atoms with Crippen LogP contribution in [-0.2, 0) is 6.54 Å². The third-order valence-electron chi connectivity index (χ3n) is 3.07. The van der Waals surface area contributed by atoms with Crippen LogP contribution in [0.4, 0.5) is 4.39 Å².